The number of carbonyl (C=O) groups excluding carboxylic acids is 1. The highest BCUT2D eigenvalue weighted by Gasteiger charge is 2.18. The van der Waals surface area contributed by atoms with Crippen LogP contribution in [0, 0.1) is 0 Å². The first kappa shape index (κ1) is 18.0. The molecule has 1 amide bonds. The van der Waals surface area contributed by atoms with Crippen LogP contribution in [0.1, 0.15) is 38.4 Å². The zero-order chi connectivity index (χ0) is 17.5. The molecule has 1 aliphatic carbocycles. The number of nitrogens with one attached hydrogen (secondary N) is 1. The molecule has 2 aromatic rings. The smallest absolute Gasteiger partial charge is 0.237 e. The van der Waals surface area contributed by atoms with Crippen molar-refractivity contribution in [3.8, 4) is 0 Å². The molecule has 0 aromatic carbocycles. The Kier molecular flexibility index (Phi) is 6.52. The van der Waals surface area contributed by atoms with E-state index in [1.54, 1.807) is 6.26 Å². The number of nitrogens with zero attached hydrogens (tertiary/aromatic N) is 3. The molecule has 0 fully saturated rings. The standard InChI is InChI=1S/C17H22N4O2S2/c1-2-21(13-7-4-3-5-8-13)15(22)12-24-17-20-19-16(25-17)18-11-14-9-6-10-23-14/h6-7,9-10H,2-5,8,11-12H2,1H3,(H,18,19). The highest BCUT2D eigenvalue weighted by molar-refractivity contribution is 8.01. The second kappa shape index (κ2) is 9.05. The van der Waals surface area contributed by atoms with Crippen molar-refractivity contribution in [1.82, 2.24) is 15.1 Å². The monoisotopic (exact) mass is 378 g/mol. The summed E-state index contributed by atoms with van der Waals surface area (Å²) in [6.45, 7) is 3.32. The number of allylic oxidation sites excluding steroid dienone is 2. The van der Waals surface area contributed by atoms with Gasteiger partial charge >= 0.3 is 0 Å². The zero-order valence-corrected chi connectivity index (χ0v) is 15.9. The third-order valence-corrected chi connectivity index (χ3v) is 5.95. The van der Waals surface area contributed by atoms with E-state index in [2.05, 4.69) is 21.6 Å². The van der Waals surface area contributed by atoms with Crippen molar-refractivity contribution in [1.29, 1.82) is 0 Å². The molecule has 0 spiro atoms. The Balaban J connectivity index is 1.49. The van der Waals surface area contributed by atoms with E-state index in [9.17, 15) is 4.79 Å². The maximum Gasteiger partial charge on any atom is 0.237 e. The van der Waals surface area contributed by atoms with Gasteiger partial charge in [-0.1, -0.05) is 29.2 Å². The SMILES string of the molecule is CCN(C(=O)CSc1nnc(NCc2ccco2)s1)C1=CCCCC1. The molecule has 3 rings (SSSR count). The van der Waals surface area contributed by atoms with Gasteiger partial charge in [-0.15, -0.1) is 10.2 Å². The summed E-state index contributed by atoms with van der Waals surface area (Å²) in [7, 11) is 0. The number of thioether (sulfide) groups is 1. The maximum absolute atomic E-state index is 12.5. The fourth-order valence-electron chi connectivity index (χ4n) is 2.72. The van der Waals surface area contributed by atoms with E-state index in [4.69, 9.17) is 4.42 Å². The summed E-state index contributed by atoms with van der Waals surface area (Å²) >= 11 is 2.90. The molecule has 0 unspecified atom stereocenters. The van der Waals surface area contributed by atoms with Crippen molar-refractivity contribution < 1.29 is 9.21 Å². The van der Waals surface area contributed by atoms with Crippen molar-refractivity contribution in [2.24, 2.45) is 0 Å². The fourth-order valence-corrected chi connectivity index (χ4v) is 4.35. The molecular formula is C17H22N4O2S2. The van der Waals surface area contributed by atoms with Gasteiger partial charge in [0.1, 0.15) is 5.76 Å². The van der Waals surface area contributed by atoms with Crippen LogP contribution in [0.15, 0.2) is 38.9 Å². The average molecular weight is 379 g/mol. The summed E-state index contributed by atoms with van der Waals surface area (Å²) in [6.07, 6.45) is 8.33. The number of carbonyl (C=O) groups is 1. The Morgan fingerprint density at radius 2 is 2.36 bits per heavy atom. The molecule has 134 valence electrons. The number of amides is 1. The summed E-state index contributed by atoms with van der Waals surface area (Å²) < 4.78 is 6.07. The predicted octanol–water partition coefficient (Wildman–Crippen LogP) is 4.14. The second-order valence-electron chi connectivity index (χ2n) is 5.67. The largest absolute Gasteiger partial charge is 0.467 e. The van der Waals surface area contributed by atoms with Gasteiger partial charge in [0.2, 0.25) is 11.0 Å². The molecule has 2 heterocycles. The van der Waals surface area contributed by atoms with Crippen LogP contribution in [0.4, 0.5) is 5.13 Å². The Hall–Kier alpha value is -1.80. The van der Waals surface area contributed by atoms with Crippen LogP contribution < -0.4 is 5.32 Å². The van der Waals surface area contributed by atoms with Crippen LogP contribution >= 0.6 is 23.1 Å². The summed E-state index contributed by atoms with van der Waals surface area (Å²) in [5.74, 6) is 1.37. The number of anilines is 1. The van der Waals surface area contributed by atoms with Crippen LogP contribution in [-0.4, -0.2) is 33.3 Å². The number of rotatable bonds is 8. The molecule has 0 radical (unpaired) electrons. The van der Waals surface area contributed by atoms with Gasteiger partial charge in [0, 0.05) is 12.2 Å². The van der Waals surface area contributed by atoms with Crippen molar-refractivity contribution in [3.05, 3.63) is 35.9 Å². The van der Waals surface area contributed by atoms with Crippen molar-refractivity contribution >= 4 is 34.1 Å². The molecule has 0 atom stereocenters. The van der Waals surface area contributed by atoms with Gasteiger partial charge in [-0.2, -0.15) is 0 Å². The minimum Gasteiger partial charge on any atom is -0.467 e. The molecular weight excluding hydrogens is 356 g/mol. The minimum atomic E-state index is 0.140. The summed E-state index contributed by atoms with van der Waals surface area (Å²) in [6, 6.07) is 3.76. The van der Waals surface area contributed by atoms with Crippen LogP contribution in [0.2, 0.25) is 0 Å². The summed E-state index contributed by atoms with van der Waals surface area (Å²) in [5.41, 5.74) is 1.18. The maximum atomic E-state index is 12.5. The number of furan rings is 1. The van der Waals surface area contributed by atoms with Gasteiger partial charge in [-0.25, -0.2) is 0 Å². The summed E-state index contributed by atoms with van der Waals surface area (Å²) in [5, 5.41) is 12.2. The highest BCUT2D eigenvalue weighted by Crippen LogP contribution is 2.27. The van der Waals surface area contributed by atoms with Crippen LogP contribution in [0.25, 0.3) is 0 Å². The van der Waals surface area contributed by atoms with Gasteiger partial charge in [-0.05, 0) is 44.7 Å². The van der Waals surface area contributed by atoms with E-state index < -0.39 is 0 Å². The zero-order valence-electron chi connectivity index (χ0n) is 14.2. The summed E-state index contributed by atoms with van der Waals surface area (Å²) in [4.78, 5) is 14.4. The van der Waals surface area contributed by atoms with E-state index in [0.29, 0.717) is 12.3 Å². The van der Waals surface area contributed by atoms with E-state index in [0.717, 1.165) is 34.6 Å². The normalized spacial score (nSPS) is 14.2. The van der Waals surface area contributed by atoms with E-state index >= 15 is 0 Å². The van der Waals surface area contributed by atoms with E-state index in [1.807, 2.05) is 24.0 Å². The lowest BCUT2D eigenvalue weighted by Crippen LogP contribution is -2.32. The first-order valence-corrected chi connectivity index (χ1v) is 10.3. The highest BCUT2D eigenvalue weighted by atomic mass is 32.2. The van der Waals surface area contributed by atoms with Crippen molar-refractivity contribution in [2.45, 2.75) is 43.5 Å². The Morgan fingerprint density at radius 1 is 1.44 bits per heavy atom. The predicted molar refractivity (Wildman–Crippen MR) is 101 cm³/mol. The van der Waals surface area contributed by atoms with Gasteiger partial charge < -0.3 is 14.6 Å². The minimum absolute atomic E-state index is 0.140. The molecule has 0 aliphatic heterocycles. The lowest BCUT2D eigenvalue weighted by Gasteiger charge is -2.26. The molecule has 6 nitrogen and oxygen atoms in total. The molecule has 8 heteroatoms. The third kappa shape index (κ3) is 5.09. The average Bonchev–Trinajstić information content (AvgIpc) is 3.31. The molecule has 1 N–H and O–H groups in total. The Labute approximate surface area is 155 Å². The number of hydrogen-bond acceptors (Lipinski definition) is 7. The Bertz CT molecular complexity index is 712. The first-order chi connectivity index (χ1) is 12.3. The lowest BCUT2D eigenvalue weighted by atomic mass is 10.0. The molecule has 0 saturated heterocycles. The lowest BCUT2D eigenvalue weighted by molar-refractivity contribution is -0.126. The fraction of sp³-hybridized carbons (Fsp3) is 0.471. The third-order valence-electron chi connectivity index (χ3n) is 3.95. The quantitative estimate of drug-likeness (QED) is 0.696. The molecule has 2 aromatic heterocycles. The molecule has 25 heavy (non-hydrogen) atoms. The number of hydrogen-bond donors (Lipinski definition) is 1. The Morgan fingerprint density at radius 3 is 3.08 bits per heavy atom. The topological polar surface area (TPSA) is 71.3 Å². The van der Waals surface area contributed by atoms with E-state index in [-0.39, 0.29) is 5.91 Å². The van der Waals surface area contributed by atoms with Gasteiger partial charge in [0.25, 0.3) is 0 Å². The second-order valence-corrected chi connectivity index (χ2v) is 7.87. The van der Waals surface area contributed by atoms with Crippen molar-refractivity contribution in [2.75, 3.05) is 17.6 Å². The van der Waals surface area contributed by atoms with Crippen LogP contribution in [0.5, 0.6) is 0 Å². The number of aromatic nitrogens is 2. The van der Waals surface area contributed by atoms with Gasteiger partial charge in [0.15, 0.2) is 4.34 Å². The molecule has 0 saturated carbocycles. The molecule has 1 aliphatic rings. The molecule has 0 bridgehead atoms. The first-order valence-electron chi connectivity index (χ1n) is 8.48. The van der Waals surface area contributed by atoms with Gasteiger partial charge in [-0.3, -0.25) is 4.79 Å². The van der Waals surface area contributed by atoms with Gasteiger partial charge in [0.05, 0.1) is 18.6 Å². The van der Waals surface area contributed by atoms with Crippen molar-refractivity contribution in [3.63, 3.8) is 0 Å². The van der Waals surface area contributed by atoms with E-state index in [1.165, 1.54) is 41.6 Å². The van der Waals surface area contributed by atoms with Crippen LogP contribution in [0.3, 0.4) is 0 Å². The van der Waals surface area contributed by atoms with Crippen LogP contribution in [-0.2, 0) is 11.3 Å².